The first kappa shape index (κ1) is 16.8. The Morgan fingerprint density at radius 1 is 1.11 bits per heavy atom. The number of morpholine rings is 1. The van der Waals surface area contributed by atoms with E-state index in [0.717, 1.165) is 36.4 Å². The number of H-pyrrole nitrogens is 1. The van der Waals surface area contributed by atoms with E-state index in [-0.39, 0.29) is 11.9 Å². The van der Waals surface area contributed by atoms with Gasteiger partial charge in [0.1, 0.15) is 5.82 Å². The molecular weight excluding hydrogens is 341 g/mol. The molecule has 1 aromatic heterocycles. The number of anilines is 1. The molecule has 2 atom stereocenters. The molecule has 0 saturated carbocycles. The first-order valence-corrected chi connectivity index (χ1v) is 9.68. The van der Waals surface area contributed by atoms with Crippen molar-refractivity contribution in [3.63, 3.8) is 0 Å². The number of halogens is 1. The molecule has 27 heavy (non-hydrogen) atoms. The summed E-state index contributed by atoms with van der Waals surface area (Å²) in [5.74, 6) is -0.157. The fourth-order valence-electron chi connectivity index (χ4n) is 4.43. The van der Waals surface area contributed by atoms with Gasteiger partial charge in [0.25, 0.3) is 0 Å². The number of benzene rings is 2. The van der Waals surface area contributed by atoms with Gasteiger partial charge in [-0.15, -0.1) is 0 Å². The van der Waals surface area contributed by atoms with Crippen LogP contribution in [0.15, 0.2) is 42.5 Å². The first-order valence-electron chi connectivity index (χ1n) is 9.68. The van der Waals surface area contributed by atoms with E-state index in [2.05, 4.69) is 40.3 Å². The average Bonchev–Trinajstić information content (AvgIpc) is 3.07. The van der Waals surface area contributed by atoms with Gasteiger partial charge in [0.15, 0.2) is 0 Å². The zero-order chi connectivity index (χ0) is 18.4. The number of rotatable bonds is 2. The van der Waals surface area contributed by atoms with Crippen molar-refractivity contribution in [2.75, 3.05) is 31.2 Å². The molecular formula is C22H24FN3O. The minimum absolute atomic E-state index is 0.157. The SMILES string of the molecule is C[C@H]1Cc2c([nH]c3ccccc23)[C@@H](c2ccc(N3CCOCC3)cc2F)N1. The highest BCUT2D eigenvalue weighted by Gasteiger charge is 2.30. The highest BCUT2D eigenvalue weighted by Crippen LogP contribution is 2.36. The number of aromatic amines is 1. The van der Waals surface area contributed by atoms with Gasteiger partial charge >= 0.3 is 0 Å². The van der Waals surface area contributed by atoms with Crippen molar-refractivity contribution in [3.8, 4) is 0 Å². The van der Waals surface area contributed by atoms with E-state index in [0.29, 0.717) is 24.8 Å². The molecule has 3 aromatic rings. The molecule has 2 aliphatic rings. The highest BCUT2D eigenvalue weighted by molar-refractivity contribution is 5.85. The van der Waals surface area contributed by atoms with Gasteiger partial charge in [0.05, 0.1) is 19.3 Å². The summed E-state index contributed by atoms with van der Waals surface area (Å²) >= 11 is 0. The minimum Gasteiger partial charge on any atom is -0.378 e. The Hall–Kier alpha value is -2.37. The van der Waals surface area contributed by atoms with Crippen LogP contribution in [0.25, 0.3) is 10.9 Å². The molecule has 4 nitrogen and oxygen atoms in total. The predicted octanol–water partition coefficient (Wildman–Crippen LogP) is 3.77. The first-order chi connectivity index (χ1) is 13.2. The molecule has 0 unspecified atom stereocenters. The van der Waals surface area contributed by atoms with Crippen molar-refractivity contribution in [1.29, 1.82) is 0 Å². The summed E-state index contributed by atoms with van der Waals surface area (Å²) in [5, 5.41) is 4.83. The van der Waals surface area contributed by atoms with E-state index >= 15 is 4.39 Å². The molecule has 140 valence electrons. The zero-order valence-electron chi connectivity index (χ0n) is 15.5. The predicted molar refractivity (Wildman–Crippen MR) is 106 cm³/mol. The zero-order valence-corrected chi connectivity index (χ0v) is 15.5. The van der Waals surface area contributed by atoms with Crippen molar-refractivity contribution in [1.82, 2.24) is 10.3 Å². The van der Waals surface area contributed by atoms with E-state index in [1.54, 1.807) is 6.07 Å². The second kappa shape index (κ2) is 6.66. The second-order valence-electron chi connectivity index (χ2n) is 7.57. The number of ether oxygens (including phenoxy) is 1. The summed E-state index contributed by atoms with van der Waals surface area (Å²) in [5.41, 5.74) is 5.14. The van der Waals surface area contributed by atoms with Crippen LogP contribution >= 0.6 is 0 Å². The number of nitrogens with one attached hydrogen (secondary N) is 2. The van der Waals surface area contributed by atoms with Crippen LogP contribution in [0.4, 0.5) is 10.1 Å². The normalized spacial score (nSPS) is 22.8. The van der Waals surface area contributed by atoms with E-state index < -0.39 is 0 Å². The largest absolute Gasteiger partial charge is 0.378 e. The molecule has 0 bridgehead atoms. The highest BCUT2D eigenvalue weighted by atomic mass is 19.1. The Morgan fingerprint density at radius 3 is 2.74 bits per heavy atom. The maximum absolute atomic E-state index is 15.2. The second-order valence-corrected chi connectivity index (χ2v) is 7.57. The smallest absolute Gasteiger partial charge is 0.130 e. The lowest BCUT2D eigenvalue weighted by Gasteiger charge is -2.31. The maximum Gasteiger partial charge on any atom is 0.130 e. The Kier molecular flexibility index (Phi) is 4.14. The quantitative estimate of drug-likeness (QED) is 0.726. The van der Waals surface area contributed by atoms with Crippen LogP contribution in [-0.4, -0.2) is 37.3 Å². The Morgan fingerprint density at radius 2 is 1.93 bits per heavy atom. The standard InChI is InChI=1S/C22H24FN3O/c1-14-12-18-16-4-2-3-5-20(16)25-22(18)21(24-14)17-7-6-15(13-19(17)23)26-8-10-27-11-9-26/h2-7,13-14,21,24-25H,8-12H2,1H3/t14-,21+/m0/s1. The number of para-hydroxylation sites is 1. The molecule has 0 amide bonds. The maximum atomic E-state index is 15.2. The summed E-state index contributed by atoms with van der Waals surface area (Å²) in [6.45, 7) is 5.18. The molecule has 0 radical (unpaired) electrons. The van der Waals surface area contributed by atoms with Gasteiger partial charge in [-0.3, -0.25) is 0 Å². The lowest BCUT2D eigenvalue weighted by Crippen LogP contribution is -2.38. The lowest BCUT2D eigenvalue weighted by molar-refractivity contribution is 0.122. The Balaban J connectivity index is 1.55. The minimum atomic E-state index is -0.158. The molecule has 1 fully saturated rings. The monoisotopic (exact) mass is 365 g/mol. The molecule has 5 heteroatoms. The van der Waals surface area contributed by atoms with E-state index in [1.807, 2.05) is 18.2 Å². The van der Waals surface area contributed by atoms with Crippen LogP contribution in [0.5, 0.6) is 0 Å². The number of aromatic nitrogens is 1. The Bertz CT molecular complexity index is 977. The third-order valence-corrected chi connectivity index (χ3v) is 5.77. The molecule has 0 aliphatic carbocycles. The van der Waals surface area contributed by atoms with Crippen LogP contribution in [0.3, 0.4) is 0 Å². The van der Waals surface area contributed by atoms with Gasteiger partial charge in [0.2, 0.25) is 0 Å². The third kappa shape index (κ3) is 2.91. The molecule has 5 rings (SSSR count). The van der Waals surface area contributed by atoms with Crippen molar-refractivity contribution < 1.29 is 9.13 Å². The van der Waals surface area contributed by atoms with E-state index in [9.17, 15) is 0 Å². The van der Waals surface area contributed by atoms with Crippen LogP contribution < -0.4 is 10.2 Å². The van der Waals surface area contributed by atoms with Gasteiger partial charge in [-0.05, 0) is 37.1 Å². The number of hydrogen-bond acceptors (Lipinski definition) is 3. The number of hydrogen-bond donors (Lipinski definition) is 2. The van der Waals surface area contributed by atoms with Gasteiger partial charge in [0, 0.05) is 47.0 Å². The number of nitrogens with zero attached hydrogens (tertiary/aromatic N) is 1. The molecule has 3 heterocycles. The van der Waals surface area contributed by atoms with Crippen molar-refractivity contribution in [3.05, 3.63) is 65.1 Å². The third-order valence-electron chi connectivity index (χ3n) is 5.77. The summed E-state index contributed by atoms with van der Waals surface area (Å²) in [4.78, 5) is 5.72. The topological polar surface area (TPSA) is 40.3 Å². The summed E-state index contributed by atoms with van der Waals surface area (Å²) in [6.07, 6.45) is 0.948. The molecule has 0 spiro atoms. The van der Waals surface area contributed by atoms with E-state index in [1.165, 1.54) is 10.9 Å². The molecule has 2 aromatic carbocycles. The van der Waals surface area contributed by atoms with Gasteiger partial charge in [-0.25, -0.2) is 4.39 Å². The molecule has 1 saturated heterocycles. The van der Waals surface area contributed by atoms with E-state index in [4.69, 9.17) is 4.74 Å². The average molecular weight is 365 g/mol. The Labute approximate surface area is 158 Å². The summed E-state index contributed by atoms with van der Waals surface area (Å²) < 4.78 is 20.6. The molecule has 2 aliphatic heterocycles. The fraction of sp³-hybridized carbons (Fsp3) is 0.364. The van der Waals surface area contributed by atoms with Gasteiger partial charge < -0.3 is 19.9 Å². The molecule has 2 N–H and O–H groups in total. The van der Waals surface area contributed by atoms with Crippen molar-refractivity contribution >= 4 is 16.6 Å². The summed E-state index contributed by atoms with van der Waals surface area (Å²) in [7, 11) is 0. The van der Waals surface area contributed by atoms with Crippen molar-refractivity contribution in [2.24, 2.45) is 0 Å². The lowest BCUT2D eigenvalue weighted by atomic mass is 9.90. The summed E-state index contributed by atoms with van der Waals surface area (Å²) in [6, 6.07) is 14.1. The number of fused-ring (bicyclic) bond motifs is 3. The van der Waals surface area contributed by atoms with Crippen molar-refractivity contribution in [2.45, 2.75) is 25.4 Å². The van der Waals surface area contributed by atoms with Crippen LogP contribution in [-0.2, 0) is 11.2 Å². The van der Waals surface area contributed by atoms with Gasteiger partial charge in [-0.2, -0.15) is 0 Å². The van der Waals surface area contributed by atoms with Crippen LogP contribution in [0, 0.1) is 5.82 Å². The fourth-order valence-corrected chi connectivity index (χ4v) is 4.43. The van der Waals surface area contributed by atoms with Gasteiger partial charge in [-0.1, -0.05) is 24.3 Å². The van der Waals surface area contributed by atoms with Crippen LogP contribution in [0.2, 0.25) is 0 Å². The van der Waals surface area contributed by atoms with Crippen LogP contribution in [0.1, 0.15) is 29.8 Å².